The van der Waals surface area contributed by atoms with E-state index in [1.165, 1.54) is 19.2 Å². The van der Waals surface area contributed by atoms with Gasteiger partial charge >= 0.3 is 5.97 Å². The zero-order chi connectivity index (χ0) is 17.8. The molecule has 0 N–H and O–H groups in total. The molecule has 0 unspecified atom stereocenters. The number of para-hydroxylation sites is 1. The van der Waals surface area contributed by atoms with Crippen molar-refractivity contribution in [2.75, 3.05) is 13.7 Å². The number of hydrogen-bond acceptors (Lipinski definition) is 5. The molecule has 25 heavy (non-hydrogen) atoms. The molecule has 3 rings (SSSR count). The number of ketones is 1. The van der Waals surface area contributed by atoms with Crippen molar-refractivity contribution in [1.82, 2.24) is 0 Å². The van der Waals surface area contributed by atoms with Crippen LogP contribution in [0.4, 0.5) is 4.39 Å². The summed E-state index contributed by atoms with van der Waals surface area (Å²) in [7, 11) is 1.36. The fourth-order valence-corrected chi connectivity index (χ4v) is 2.37. The lowest BCUT2D eigenvalue weighted by atomic mass is 10.1. The van der Waals surface area contributed by atoms with Crippen LogP contribution in [0.15, 0.2) is 52.9 Å². The fourth-order valence-electron chi connectivity index (χ4n) is 2.37. The Morgan fingerprint density at radius 1 is 1.12 bits per heavy atom. The Bertz CT molecular complexity index is 895. The topological polar surface area (TPSA) is 65.7 Å². The zero-order valence-corrected chi connectivity index (χ0v) is 13.5. The van der Waals surface area contributed by atoms with E-state index in [9.17, 15) is 14.0 Å². The molecular weight excluding hydrogens is 327 g/mol. The summed E-state index contributed by atoms with van der Waals surface area (Å²) < 4.78 is 28.8. The predicted molar refractivity (Wildman–Crippen MR) is 88.2 cm³/mol. The quantitative estimate of drug-likeness (QED) is 0.506. The van der Waals surface area contributed by atoms with E-state index in [1.54, 1.807) is 24.3 Å². The second-order valence-corrected chi connectivity index (χ2v) is 5.38. The summed E-state index contributed by atoms with van der Waals surface area (Å²) in [4.78, 5) is 23.9. The summed E-state index contributed by atoms with van der Waals surface area (Å²) in [6.07, 6.45) is -0.145. The number of fused-ring (bicyclic) bond motifs is 1. The monoisotopic (exact) mass is 342 g/mol. The average Bonchev–Trinajstić information content (AvgIpc) is 3.04. The molecule has 3 aromatic rings. The molecule has 2 aromatic carbocycles. The van der Waals surface area contributed by atoms with Gasteiger partial charge in [-0.1, -0.05) is 24.3 Å². The fraction of sp³-hybridized carbons (Fsp3) is 0.158. The van der Waals surface area contributed by atoms with Gasteiger partial charge in [-0.25, -0.2) is 4.39 Å². The Kier molecular flexibility index (Phi) is 4.79. The van der Waals surface area contributed by atoms with Gasteiger partial charge in [-0.05, 0) is 29.8 Å². The van der Waals surface area contributed by atoms with Crippen LogP contribution in [0.2, 0.25) is 0 Å². The Balaban J connectivity index is 1.58. The highest BCUT2D eigenvalue weighted by molar-refractivity contribution is 5.99. The standard InChI is InChI=1S/C19H15FO5/c1-23-17-7-6-12(8-14(17)20)9-19(22)24-11-15(21)18-10-13-4-2-3-5-16(13)25-18/h2-8,10H,9,11H2,1H3. The molecule has 0 spiro atoms. The Labute approximate surface area is 143 Å². The smallest absolute Gasteiger partial charge is 0.310 e. The summed E-state index contributed by atoms with van der Waals surface area (Å²) in [5.74, 6) is -1.41. The first-order chi connectivity index (χ1) is 12.1. The van der Waals surface area contributed by atoms with Crippen LogP contribution >= 0.6 is 0 Å². The van der Waals surface area contributed by atoms with Gasteiger partial charge in [0.1, 0.15) is 5.58 Å². The third-order valence-electron chi connectivity index (χ3n) is 3.63. The van der Waals surface area contributed by atoms with Gasteiger partial charge in [-0.3, -0.25) is 9.59 Å². The molecule has 0 aliphatic carbocycles. The molecule has 0 amide bonds. The summed E-state index contributed by atoms with van der Waals surface area (Å²) in [6, 6.07) is 13.0. The summed E-state index contributed by atoms with van der Waals surface area (Å²) in [6.45, 7) is -0.433. The van der Waals surface area contributed by atoms with Crippen LogP contribution < -0.4 is 4.74 Å². The van der Waals surface area contributed by atoms with Crippen molar-refractivity contribution in [3.8, 4) is 5.75 Å². The van der Waals surface area contributed by atoms with E-state index in [4.69, 9.17) is 13.9 Å². The van der Waals surface area contributed by atoms with Crippen LogP contribution in [0.3, 0.4) is 0 Å². The van der Waals surface area contributed by atoms with E-state index in [0.29, 0.717) is 11.1 Å². The number of esters is 1. The minimum Gasteiger partial charge on any atom is -0.494 e. The van der Waals surface area contributed by atoms with Crippen LogP contribution in [-0.2, 0) is 16.0 Å². The lowest BCUT2D eigenvalue weighted by molar-refractivity contribution is -0.141. The number of benzene rings is 2. The molecule has 1 aromatic heterocycles. The van der Waals surface area contributed by atoms with E-state index < -0.39 is 24.2 Å². The lowest BCUT2D eigenvalue weighted by Gasteiger charge is -2.05. The van der Waals surface area contributed by atoms with E-state index in [1.807, 2.05) is 12.1 Å². The first-order valence-electron chi connectivity index (χ1n) is 7.56. The molecular formula is C19H15FO5. The van der Waals surface area contributed by atoms with Crippen LogP contribution in [-0.4, -0.2) is 25.5 Å². The zero-order valence-electron chi connectivity index (χ0n) is 13.5. The van der Waals surface area contributed by atoms with Crippen LogP contribution in [0.25, 0.3) is 11.0 Å². The summed E-state index contributed by atoms with van der Waals surface area (Å²) >= 11 is 0. The maximum atomic E-state index is 13.6. The van der Waals surface area contributed by atoms with E-state index in [-0.39, 0.29) is 17.9 Å². The first-order valence-corrected chi connectivity index (χ1v) is 7.56. The second-order valence-electron chi connectivity index (χ2n) is 5.38. The van der Waals surface area contributed by atoms with Gasteiger partial charge in [0.15, 0.2) is 23.9 Å². The van der Waals surface area contributed by atoms with E-state index in [2.05, 4.69) is 0 Å². The number of carbonyl (C=O) groups is 2. The number of rotatable bonds is 6. The van der Waals surface area contributed by atoms with Crippen LogP contribution in [0.1, 0.15) is 16.1 Å². The molecule has 1 heterocycles. The van der Waals surface area contributed by atoms with Gasteiger partial charge in [0.2, 0.25) is 5.78 Å². The van der Waals surface area contributed by atoms with Crippen LogP contribution in [0.5, 0.6) is 5.75 Å². The van der Waals surface area contributed by atoms with Crippen molar-refractivity contribution >= 4 is 22.7 Å². The molecule has 0 radical (unpaired) electrons. The molecule has 6 heteroatoms. The maximum absolute atomic E-state index is 13.6. The average molecular weight is 342 g/mol. The molecule has 0 aliphatic heterocycles. The number of carbonyl (C=O) groups excluding carboxylic acids is 2. The largest absolute Gasteiger partial charge is 0.494 e. The molecule has 0 aliphatic rings. The van der Waals surface area contributed by atoms with Gasteiger partial charge < -0.3 is 13.9 Å². The van der Waals surface area contributed by atoms with Gasteiger partial charge in [-0.2, -0.15) is 0 Å². The van der Waals surface area contributed by atoms with Gasteiger partial charge in [0.25, 0.3) is 0 Å². The van der Waals surface area contributed by atoms with E-state index >= 15 is 0 Å². The molecule has 5 nitrogen and oxygen atoms in total. The molecule has 0 fully saturated rings. The van der Waals surface area contributed by atoms with Crippen molar-refractivity contribution in [2.24, 2.45) is 0 Å². The molecule has 0 atom stereocenters. The van der Waals surface area contributed by atoms with Crippen molar-refractivity contribution in [3.63, 3.8) is 0 Å². The van der Waals surface area contributed by atoms with Crippen molar-refractivity contribution < 1.29 is 27.9 Å². The Hall–Kier alpha value is -3.15. The van der Waals surface area contributed by atoms with Crippen molar-refractivity contribution in [2.45, 2.75) is 6.42 Å². The Morgan fingerprint density at radius 2 is 1.92 bits per heavy atom. The summed E-state index contributed by atoms with van der Waals surface area (Å²) in [5, 5.41) is 0.797. The summed E-state index contributed by atoms with van der Waals surface area (Å²) in [5.41, 5.74) is 1.02. The molecule has 0 saturated heterocycles. The minimum atomic E-state index is -0.631. The highest BCUT2D eigenvalue weighted by atomic mass is 19.1. The van der Waals surface area contributed by atoms with Crippen LogP contribution in [0, 0.1) is 5.82 Å². The number of furan rings is 1. The minimum absolute atomic E-state index is 0.0946. The maximum Gasteiger partial charge on any atom is 0.310 e. The first kappa shape index (κ1) is 16.7. The highest BCUT2D eigenvalue weighted by Gasteiger charge is 2.15. The normalized spacial score (nSPS) is 10.6. The number of Topliss-reactive ketones (excluding diaryl/α,β-unsaturated/α-hetero) is 1. The van der Waals surface area contributed by atoms with Gasteiger partial charge in [-0.15, -0.1) is 0 Å². The molecule has 0 saturated carbocycles. The molecule has 0 bridgehead atoms. The number of ether oxygens (including phenoxy) is 2. The number of halogens is 1. The van der Waals surface area contributed by atoms with Gasteiger partial charge in [0, 0.05) is 5.39 Å². The SMILES string of the molecule is COc1ccc(CC(=O)OCC(=O)c2cc3ccccc3o2)cc1F. The highest BCUT2D eigenvalue weighted by Crippen LogP contribution is 2.20. The second kappa shape index (κ2) is 7.17. The number of hydrogen-bond donors (Lipinski definition) is 0. The third-order valence-corrected chi connectivity index (χ3v) is 3.63. The van der Waals surface area contributed by atoms with E-state index in [0.717, 1.165) is 5.39 Å². The van der Waals surface area contributed by atoms with Gasteiger partial charge in [0.05, 0.1) is 13.5 Å². The predicted octanol–water partition coefficient (Wildman–Crippen LogP) is 3.55. The lowest BCUT2D eigenvalue weighted by Crippen LogP contribution is -2.15. The third kappa shape index (κ3) is 3.85. The molecule has 128 valence electrons. The van der Waals surface area contributed by atoms with Crippen molar-refractivity contribution in [3.05, 3.63) is 65.7 Å². The van der Waals surface area contributed by atoms with Crippen molar-refractivity contribution in [1.29, 1.82) is 0 Å². The Morgan fingerprint density at radius 3 is 2.64 bits per heavy atom. The number of methoxy groups -OCH3 is 1.